The number of rotatable bonds is 6. The van der Waals surface area contributed by atoms with E-state index in [-0.39, 0.29) is 6.54 Å². The van der Waals surface area contributed by atoms with Gasteiger partial charge in [0, 0.05) is 22.5 Å². The van der Waals surface area contributed by atoms with Crippen LogP contribution < -0.4 is 25.2 Å². The molecule has 0 fully saturated rings. The standard InChI is InChI=1S/C17H15N3O5S2/c1-24-11-4-3-10(7-12(11)25-2)13-8-15(22)20(17(23)27-13)9-14(21)19-16-18-5-6-26-16/h3-8H,9H2,1-2H3,(H,18,19,21). The fourth-order valence-corrected chi connectivity index (χ4v) is 3.72. The van der Waals surface area contributed by atoms with Crippen LogP contribution in [0, 0.1) is 0 Å². The minimum atomic E-state index is -0.558. The predicted octanol–water partition coefficient (Wildman–Crippen LogP) is 2.05. The number of nitrogens with one attached hydrogen (secondary N) is 1. The number of benzene rings is 1. The number of hydrogen-bond donors (Lipinski definition) is 1. The Morgan fingerprint density at radius 3 is 2.59 bits per heavy atom. The largest absolute Gasteiger partial charge is 0.493 e. The Kier molecular flexibility index (Phi) is 5.67. The molecule has 3 rings (SSSR count). The number of aromatic nitrogens is 2. The van der Waals surface area contributed by atoms with E-state index < -0.39 is 16.3 Å². The molecule has 140 valence electrons. The first kappa shape index (κ1) is 18.8. The summed E-state index contributed by atoms with van der Waals surface area (Å²) in [6.45, 7) is -0.375. The van der Waals surface area contributed by atoms with Gasteiger partial charge < -0.3 is 14.8 Å². The van der Waals surface area contributed by atoms with Crippen molar-refractivity contribution >= 4 is 33.7 Å². The minimum absolute atomic E-state index is 0.375. The van der Waals surface area contributed by atoms with E-state index in [1.165, 1.54) is 31.6 Å². The SMILES string of the molecule is COc1ccc(-c2cc(=O)n(CC(=O)Nc3nccs3)c(=O)s2)cc1OC. The van der Waals surface area contributed by atoms with Gasteiger partial charge in [-0.2, -0.15) is 0 Å². The van der Waals surface area contributed by atoms with Gasteiger partial charge in [-0.1, -0.05) is 11.3 Å². The number of thiazole rings is 1. The predicted molar refractivity (Wildman–Crippen MR) is 104 cm³/mol. The zero-order chi connectivity index (χ0) is 19.4. The molecule has 0 aliphatic heterocycles. The lowest BCUT2D eigenvalue weighted by molar-refractivity contribution is -0.116. The molecule has 10 heteroatoms. The highest BCUT2D eigenvalue weighted by Gasteiger charge is 2.13. The van der Waals surface area contributed by atoms with E-state index in [1.807, 2.05) is 0 Å². The van der Waals surface area contributed by atoms with E-state index in [1.54, 1.807) is 29.8 Å². The first-order valence-corrected chi connectivity index (χ1v) is 9.38. The van der Waals surface area contributed by atoms with E-state index in [2.05, 4.69) is 10.3 Å². The minimum Gasteiger partial charge on any atom is -0.493 e. The van der Waals surface area contributed by atoms with E-state index in [9.17, 15) is 14.4 Å². The van der Waals surface area contributed by atoms with E-state index in [4.69, 9.17) is 9.47 Å². The number of anilines is 1. The molecule has 0 aliphatic carbocycles. The van der Waals surface area contributed by atoms with Crippen LogP contribution in [0.15, 0.2) is 45.4 Å². The number of nitrogens with zero attached hydrogens (tertiary/aromatic N) is 2. The van der Waals surface area contributed by atoms with Crippen molar-refractivity contribution in [1.29, 1.82) is 0 Å². The molecule has 2 heterocycles. The molecule has 1 aromatic carbocycles. The molecule has 1 amide bonds. The lowest BCUT2D eigenvalue weighted by Gasteiger charge is -2.10. The molecule has 0 saturated heterocycles. The zero-order valence-corrected chi connectivity index (χ0v) is 16.1. The lowest BCUT2D eigenvalue weighted by atomic mass is 10.1. The van der Waals surface area contributed by atoms with Crippen molar-refractivity contribution in [2.75, 3.05) is 19.5 Å². The summed E-state index contributed by atoms with van der Waals surface area (Å²) < 4.78 is 11.3. The summed E-state index contributed by atoms with van der Waals surface area (Å²) in [5, 5.41) is 4.66. The second-order valence-corrected chi connectivity index (χ2v) is 7.14. The molecule has 0 radical (unpaired) electrons. The van der Waals surface area contributed by atoms with Crippen LogP contribution in [0.2, 0.25) is 0 Å². The Labute approximate surface area is 161 Å². The maximum Gasteiger partial charge on any atom is 0.310 e. The van der Waals surface area contributed by atoms with Crippen LogP contribution in [0.25, 0.3) is 10.4 Å². The Morgan fingerprint density at radius 1 is 1.19 bits per heavy atom. The van der Waals surface area contributed by atoms with Gasteiger partial charge in [-0.15, -0.1) is 11.3 Å². The summed E-state index contributed by atoms with van der Waals surface area (Å²) in [5.41, 5.74) is 0.0871. The van der Waals surface area contributed by atoms with Gasteiger partial charge in [0.1, 0.15) is 6.54 Å². The molecule has 1 N–H and O–H groups in total. The second-order valence-electron chi connectivity index (χ2n) is 5.26. The number of carbonyl (C=O) groups excluding carboxylic acids is 1. The number of amides is 1. The fourth-order valence-electron chi connectivity index (χ4n) is 2.32. The Hall–Kier alpha value is -2.98. The number of methoxy groups -OCH3 is 2. The second kappa shape index (κ2) is 8.14. The summed E-state index contributed by atoms with van der Waals surface area (Å²) in [4.78, 5) is 40.7. The molecule has 0 atom stereocenters. The molecular weight excluding hydrogens is 390 g/mol. The van der Waals surface area contributed by atoms with Crippen molar-refractivity contribution in [3.05, 3.63) is 55.9 Å². The van der Waals surface area contributed by atoms with Crippen molar-refractivity contribution < 1.29 is 14.3 Å². The van der Waals surface area contributed by atoms with Crippen LogP contribution >= 0.6 is 22.7 Å². The maximum atomic E-state index is 12.4. The van der Waals surface area contributed by atoms with Crippen molar-refractivity contribution in [1.82, 2.24) is 9.55 Å². The van der Waals surface area contributed by atoms with Crippen LogP contribution in [0.3, 0.4) is 0 Å². The third kappa shape index (κ3) is 4.23. The summed E-state index contributed by atoms with van der Waals surface area (Å²) in [6.07, 6.45) is 1.55. The molecule has 2 aromatic heterocycles. The van der Waals surface area contributed by atoms with Gasteiger partial charge in [-0.25, -0.2) is 4.98 Å². The smallest absolute Gasteiger partial charge is 0.310 e. The van der Waals surface area contributed by atoms with Gasteiger partial charge >= 0.3 is 4.87 Å². The van der Waals surface area contributed by atoms with Gasteiger partial charge in [-0.05, 0) is 23.8 Å². The summed E-state index contributed by atoms with van der Waals surface area (Å²) in [5.74, 6) is 0.540. The molecule has 8 nitrogen and oxygen atoms in total. The molecule has 0 aliphatic rings. The van der Waals surface area contributed by atoms with Crippen LogP contribution in [0.1, 0.15) is 0 Å². The van der Waals surface area contributed by atoms with Crippen molar-refractivity contribution in [3.8, 4) is 21.9 Å². The molecule has 0 unspecified atom stereocenters. The molecule has 0 saturated carbocycles. The van der Waals surface area contributed by atoms with Crippen LogP contribution in [0.4, 0.5) is 5.13 Å². The van der Waals surface area contributed by atoms with E-state index in [0.717, 1.165) is 15.9 Å². The number of hydrogen-bond acceptors (Lipinski definition) is 8. The molecule has 0 spiro atoms. The molecule has 3 aromatic rings. The van der Waals surface area contributed by atoms with Crippen molar-refractivity contribution in [2.24, 2.45) is 0 Å². The first-order chi connectivity index (χ1) is 13.0. The molecule has 0 bridgehead atoms. The number of ether oxygens (including phenoxy) is 2. The summed E-state index contributed by atoms with van der Waals surface area (Å²) >= 11 is 2.12. The van der Waals surface area contributed by atoms with Crippen LogP contribution in [0.5, 0.6) is 11.5 Å². The average molecular weight is 405 g/mol. The highest BCUT2D eigenvalue weighted by Crippen LogP contribution is 2.32. The third-order valence-electron chi connectivity index (χ3n) is 3.59. The highest BCUT2D eigenvalue weighted by atomic mass is 32.1. The molecular formula is C17H15N3O5S2. The van der Waals surface area contributed by atoms with E-state index >= 15 is 0 Å². The quantitative estimate of drug-likeness (QED) is 0.674. The monoisotopic (exact) mass is 405 g/mol. The zero-order valence-electron chi connectivity index (χ0n) is 14.4. The lowest BCUT2D eigenvalue weighted by Crippen LogP contribution is -2.35. The van der Waals surface area contributed by atoms with Gasteiger partial charge in [0.15, 0.2) is 16.6 Å². The fraction of sp³-hybridized carbons (Fsp3) is 0.176. The van der Waals surface area contributed by atoms with E-state index in [0.29, 0.717) is 27.1 Å². The Balaban J connectivity index is 1.88. The Morgan fingerprint density at radius 2 is 1.96 bits per heavy atom. The Bertz CT molecular complexity index is 1040. The highest BCUT2D eigenvalue weighted by molar-refractivity contribution is 7.13. The normalized spacial score (nSPS) is 10.4. The van der Waals surface area contributed by atoms with Crippen molar-refractivity contribution in [2.45, 2.75) is 6.54 Å². The molecule has 27 heavy (non-hydrogen) atoms. The van der Waals surface area contributed by atoms with Gasteiger partial charge in [0.25, 0.3) is 5.56 Å². The summed E-state index contributed by atoms with van der Waals surface area (Å²) in [6, 6.07) is 6.43. The van der Waals surface area contributed by atoms with Crippen LogP contribution in [-0.4, -0.2) is 29.7 Å². The van der Waals surface area contributed by atoms with Crippen molar-refractivity contribution in [3.63, 3.8) is 0 Å². The third-order valence-corrected chi connectivity index (χ3v) is 5.24. The van der Waals surface area contributed by atoms with Gasteiger partial charge in [0.05, 0.1) is 14.2 Å². The number of carbonyl (C=O) groups is 1. The average Bonchev–Trinajstić information content (AvgIpc) is 3.16. The van der Waals surface area contributed by atoms with Gasteiger partial charge in [0.2, 0.25) is 5.91 Å². The topological polar surface area (TPSA) is 99.5 Å². The first-order valence-electron chi connectivity index (χ1n) is 7.68. The van der Waals surface area contributed by atoms with Gasteiger partial charge in [-0.3, -0.25) is 19.0 Å². The maximum absolute atomic E-state index is 12.4. The van der Waals surface area contributed by atoms with Crippen LogP contribution in [-0.2, 0) is 11.3 Å². The summed E-state index contributed by atoms with van der Waals surface area (Å²) in [7, 11) is 3.02.